The molecule has 1 unspecified atom stereocenters. The van der Waals surface area contributed by atoms with Crippen LogP contribution in [0, 0.1) is 5.92 Å². The Hall–Kier alpha value is -1.22. The van der Waals surface area contributed by atoms with Crippen LogP contribution in [0.5, 0.6) is 0 Å². The lowest BCUT2D eigenvalue weighted by Crippen LogP contribution is -2.62. The summed E-state index contributed by atoms with van der Waals surface area (Å²) in [6.45, 7) is 1.93. The molecule has 35 heavy (non-hydrogen) atoms. The quantitative estimate of drug-likeness (QED) is 0.406. The van der Waals surface area contributed by atoms with E-state index in [9.17, 15) is 4.39 Å². The van der Waals surface area contributed by atoms with Gasteiger partial charge in [0, 0.05) is 45.3 Å². The van der Waals surface area contributed by atoms with Gasteiger partial charge in [-0.1, -0.05) is 23.8 Å². The van der Waals surface area contributed by atoms with E-state index in [-0.39, 0.29) is 36.4 Å². The first-order valence-corrected chi connectivity index (χ1v) is 13.6. The van der Waals surface area contributed by atoms with Crippen molar-refractivity contribution in [1.29, 1.82) is 0 Å². The zero-order valence-electron chi connectivity index (χ0n) is 21.0. The van der Waals surface area contributed by atoms with Gasteiger partial charge < -0.3 is 20.1 Å². The summed E-state index contributed by atoms with van der Waals surface area (Å²) in [4.78, 5) is 0. The average molecular weight is 507 g/mol. The molecule has 6 nitrogen and oxygen atoms in total. The fraction of sp³-hybridized carbons (Fsp3) is 0.704. The molecule has 2 heterocycles. The van der Waals surface area contributed by atoms with E-state index < -0.39 is 0 Å². The SMILES string of the molecule is CO[C@H]1CC[C@@H](OC)C=C1[C@@H]1CCC2=C(C1)C(N[C@H]1CCC(F)=C(Cl)C1)N[C@@H](C1=CCCNC1)N2. The Morgan fingerprint density at radius 1 is 1.09 bits per heavy atom. The van der Waals surface area contributed by atoms with Crippen molar-refractivity contribution >= 4 is 11.6 Å². The maximum absolute atomic E-state index is 13.9. The van der Waals surface area contributed by atoms with Crippen LogP contribution in [0.15, 0.2) is 45.4 Å². The van der Waals surface area contributed by atoms with E-state index in [0.29, 0.717) is 23.8 Å². The molecule has 0 aromatic heterocycles. The summed E-state index contributed by atoms with van der Waals surface area (Å²) in [6.07, 6.45) is 13.0. The van der Waals surface area contributed by atoms with Crippen molar-refractivity contribution in [3.8, 4) is 0 Å². The van der Waals surface area contributed by atoms with Crippen LogP contribution in [-0.2, 0) is 9.47 Å². The molecule has 0 saturated heterocycles. The van der Waals surface area contributed by atoms with Crippen LogP contribution < -0.4 is 21.3 Å². The number of hydrogen-bond donors (Lipinski definition) is 4. The second kappa shape index (κ2) is 11.4. The van der Waals surface area contributed by atoms with Crippen LogP contribution in [-0.4, -0.2) is 57.9 Å². The Labute approximate surface area is 213 Å². The van der Waals surface area contributed by atoms with Crippen LogP contribution in [0.1, 0.15) is 57.8 Å². The number of allylic oxidation sites excluding steroid dienone is 2. The van der Waals surface area contributed by atoms with Crippen molar-refractivity contribution < 1.29 is 13.9 Å². The Kier molecular flexibility index (Phi) is 8.32. The Morgan fingerprint density at radius 2 is 1.97 bits per heavy atom. The monoisotopic (exact) mass is 506 g/mol. The molecular weight excluding hydrogens is 467 g/mol. The van der Waals surface area contributed by atoms with Gasteiger partial charge in [0.2, 0.25) is 0 Å². The lowest BCUT2D eigenvalue weighted by molar-refractivity contribution is 0.0646. The van der Waals surface area contributed by atoms with E-state index in [4.69, 9.17) is 21.1 Å². The third-order valence-corrected chi connectivity index (χ3v) is 8.74. The summed E-state index contributed by atoms with van der Waals surface area (Å²) in [5.41, 5.74) is 5.50. The standard InChI is InChI=1S/C27H40ClFN4O2/c1-34-19-7-10-25(35-2)20(14-19)16-5-9-24-21(12-16)27(31-18-6-8-23(29)22(28)13-18)33-26(32-24)17-4-3-11-30-15-17/h4,14,16,18-19,25-27,30-33H,3,5-13,15H2,1-2H3/t16-,18+,19-,25+,26+,27?/m1/s1. The molecule has 0 radical (unpaired) electrons. The summed E-state index contributed by atoms with van der Waals surface area (Å²) >= 11 is 6.22. The summed E-state index contributed by atoms with van der Waals surface area (Å²) in [5.74, 6) is 0.281. The first-order valence-electron chi connectivity index (χ1n) is 13.3. The van der Waals surface area contributed by atoms with Crippen LogP contribution in [0.25, 0.3) is 0 Å². The molecule has 5 rings (SSSR count). The normalized spacial score (nSPS) is 36.3. The molecule has 0 aromatic rings. The summed E-state index contributed by atoms with van der Waals surface area (Å²) in [7, 11) is 3.62. The minimum absolute atomic E-state index is 0.0286. The van der Waals surface area contributed by atoms with Gasteiger partial charge >= 0.3 is 0 Å². The van der Waals surface area contributed by atoms with E-state index in [1.807, 2.05) is 7.11 Å². The Bertz CT molecular complexity index is 917. The Balaban J connectivity index is 1.39. The lowest BCUT2D eigenvalue weighted by Gasteiger charge is -2.45. The molecule has 0 fully saturated rings. The zero-order valence-corrected chi connectivity index (χ0v) is 21.7. The van der Waals surface area contributed by atoms with Gasteiger partial charge in [0.05, 0.1) is 23.4 Å². The summed E-state index contributed by atoms with van der Waals surface area (Å²) in [6, 6.07) is 0.157. The van der Waals surface area contributed by atoms with Crippen LogP contribution in [0.2, 0.25) is 0 Å². The van der Waals surface area contributed by atoms with Crippen LogP contribution in [0.4, 0.5) is 4.39 Å². The van der Waals surface area contributed by atoms with Crippen LogP contribution >= 0.6 is 11.6 Å². The third-order valence-electron chi connectivity index (χ3n) is 8.38. The molecule has 0 amide bonds. The maximum Gasteiger partial charge on any atom is 0.114 e. The van der Waals surface area contributed by atoms with E-state index in [1.54, 1.807) is 7.11 Å². The van der Waals surface area contributed by atoms with Crippen LogP contribution in [0.3, 0.4) is 0 Å². The minimum atomic E-state index is -0.153. The highest BCUT2D eigenvalue weighted by molar-refractivity contribution is 6.29. The van der Waals surface area contributed by atoms with Gasteiger partial charge in [-0.15, -0.1) is 0 Å². The highest BCUT2D eigenvalue weighted by Gasteiger charge is 2.38. The van der Waals surface area contributed by atoms with Crippen molar-refractivity contribution in [3.63, 3.8) is 0 Å². The molecule has 8 heteroatoms. The van der Waals surface area contributed by atoms with Gasteiger partial charge in [0.1, 0.15) is 12.0 Å². The molecule has 194 valence electrons. The average Bonchev–Trinajstić information content (AvgIpc) is 2.90. The topological polar surface area (TPSA) is 66.6 Å². The molecule has 0 saturated carbocycles. The zero-order chi connectivity index (χ0) is 24.4. The number of methoxy groups -OCH3 is 2. The number of nitrogens with one attached hydrogen (secondary N) is 4. The molecule has 0 spiro atoms. The highest BCUT2D eigenvalue weighted by Crippen LogP contribution is 2.41. The van der Waals surface area contributed by atoms with Gasteiger partial charge in [-0.3, -0.25) is 10.6 Å². The van der Waals surface area contributed by atoms with Gasteiger partial charge in [-0.25, -0.2) is 4.39 Å². The van der Waals surface area contributed by atoms with Gasteiger partial charge in [0.15, 0.2) is 0 Å². The lowest BCUT2D eigenvalue weighted by atomic mass is 9.75. The van der Waals surface area contributed by atoms with E-state index >= 15 is 0 Å². The molecule has 6 atom stereocenters. The second-order valence-electron chi connectivity index (χ2n) is 10.5. The van der Waals surface area contributed by atoms with Crippen molar-refractivity contribution in [3.05, 3.63) is 45.4 Å². The summed E-state index contributed by atoms with van der Waals surface area (Å²) in [5, 5.41) is 15.4. The fourth-order valence-electron chi connectivity index (χ4n) is 6.40. The van der Waals surface area contributed by atoms with Gasteiger partial charge in [-0.05, 0) is 74.1 Å². The first kappa shape index (κ1) is 25.4. The predicted octanol–water partition coefficient (Wildman–Crippen LogP) is 4.12. The summed E-state index contributed by atoms with van der Waals surface area (Å²) < 4.78 is 25.5. The van der Waals surface area contributed by atoms with Crippen molar-refractivity contribution in [1.82, 2.24) is 21.3 Å². The van der Waals surface area contributed by atoms with E-state index in [1.165, 1.54) is 22.4 Å². The molecule has 2 aliphatic heterocycles. The van der Waals surface area contributed by atoms with Crippen molar-refractivity contribution in [2.45, 2.75) is 88.4 Å². The highest BCUT2D eigenvalue weighted by atomic mass is 35.5. The number of ether oxygens (including phenoxy) is 2. The molecule has 5 aliphatic rings. The molecule has 3 aliphatic carbocycles. The smallest absolute Gasteiger partial charge is 0.114 e. The van der Waals surface area contributed by atoms with Gasteiger partial charge in [-0.2, -0.15) is 0 Å². The predicted molar refractivity (Wildman–Crippen MR) is 137 cm³/mol. The maximum atomic E-state index is 13.9. The number of hydrogen-bond acceptors (Lipinski definition) is 6. The first-order chi connectivity index (χ1) is 17.1. The molecule has 0 aromatic carbocycles. The molecule has 0 bridgehead atoms. The van der Waals surface area contributed by atoms with Gasteiger partial charge in [0.25, 0.3) is 0 Å². The molecule has 4 N–H and O–H groups in total. The molecular formula is C27H40ClFN4O2. The van der Waals surface area contributed by atoms with E-state index in [0.717, 1.165) is 58.0 Å². The largest absolute Gasteiger partial charge is 0.377 e. The van der Waals surface area contributed by atoms with Crippen molar-refractivity contribution in [2.24, 2.45) is 5.92 Å². The third kappa shape index (κ3) is 5.71. The fourth-order valence-corrected chi connectivity index (χ4v) is 6.68. The number of halogens is 2. The Morgan fingerprint density at radius 3 is 2.71 bits per heavy atom. The number of rotatable bonds is 6. The van der Waals surface area contributed by atoms with E-state index in [2.05, 4.69) is 33.4 Å². The van der Waals surface area contributed by atoms with Crippen molar-refractivity contribution in [2.75, 3.05) is 27.3 Å². The minimum Gasteiger partial charge on any atom is -0.377 e. The second-order valence-corrected chi connectivity index (χ2v) is 11.0.